The van der Waals surface area contributed by atoms with Crippen molar-refractivity contribution >= 4 is 19.3 Å². The van der Waals surface area contributed by atoms with Crippen molar-refractivity contribution in [3.05, 3.63) is 29.8 Å². The van der Waals surface area contributed by atoms with E-state index < -0.39 is 5.97 Å². The minimum atomic E-state index is -0.740. The van der Waals surface area contributed by atoms with Gasteiger partial charge < -0.3 is 10.4 Å². The molecule has 1 aromatic carbocycles. The van der Waals surface area contributed by atoms with Gasteiger partial charge in [-0.1, -0.05) is 43.6 Å². The zero-order valence-corrected chi connectivity index (χ0v) is 11.9. The molecule has 0 fully saturated rings. The lowest BCUT2D eigenvalue weighted by molar-refractivity contribution is -0.137. The number of nitrogens with one attached hydrogen (secondary N) is 1. The highest BCUT2D eigenvalue weighted by Gasteiger charge is 2.28. The lowest BCUT2D eigenvalue weighted by Gasteiger charge is -2.34. The Morgan fingerprint density at radius 3 is 2.42 bits per heavy atom. The fourth-order valence-corrected chi connectivity index (χ4v) is 2.26. The fraction of sp³-hybridized carbons (Fsp3) is 0.533. The first kappa shape index (κ1) is 15.8. The zero-order valence-electron chi connectivity index (χ0n) is 11.9. The first-order valence-electron chi connectivity index (χ1n) is 6.58. The quantitative estimate of drug-likeness (QED) is 0.729. The number of rotatable bonds is 7. The topological polar surface area (TPSA) is 49.3 Å². The summed E-state index contributed by atoms with van der Waals surface area (Å²) in [6, 6.07) is 8.06. The number of benzene rings is 1. The van der Waals surface area contributed by atoms with Crippen molar-refractivity contribution in [2.75, 3.05) is 7.05 Å². The minimum Gasteiger partial charge on any atom is -0.481 e. The van der Waals surface area contributed by atoms with Crippen LogP contribution < -0.4 is 10.8 Å². The molecule has 1 unspecified atom stereocenters. The molecule has 0 saturated heterocycles. The second-order valence-electron chi connectivity index (χ2n) is 5.67. The van der Waals surface area contributed by atoms with E-state index in [1.54, 1.807) is 0 Å². The maximum absolute atomic E-state index is 10.7. The molecule has 3 nitrogen and oxygen atoms in total. The molecule has 19 heavy (non-hydrogen) atoms. The van der Waals surface area contributed by atoms with E-state index in [0.717, 1.165) is 11.9 Å². The molecule has 1 atom stereocenters. The Hall–Kier alpha value is -1.29. The van der Waals surface area contributed by atoms with Gasteiger partial charge in [-0.3, -0.25) is 4.79 Å². The van der Waals surface area contributed by atoms with Crippen molar-refractivity contribution in [3.63, 3.8) is 0 Å². The highest BCUT2D eigenvalue weighted by Crippen LogP contribution is 2.29. The van der Waals surface area contributed by atoms with Gasteiger partial charge in [-0.2, -0.15) is 0 Å². The van der Waals surface area contributed by atoms with Crippen LogP contribution in [0, 0.1) is 5.41 Å². The molecule has 1 aromatic rings. The van der Waals surface area contributed by atoms with Gasteiger partial charge in [0.05, 0.1) is 0 Å². The Morgan fingerprint density at radius 1 is 1.37 bits per heavy atom. The predicted octanol–water partition coefficient (Wildman–Crippen LogP) is 1.50. The molecule has 2 radical (unpaired) electrons. The standard InChI is InChI=1S/C15H22BNO2/c1-15(2,9-8-14(18)19)13(17-3)10-11-4-6-12(16)7-5-11/h4-7,13,17H,8-10H2,1-3H3,(H,18,19). The Kier molecular flexibility index (Phi) is 5.61. The molecule has 0 saturated carbocycles. The molecule has 0 aromatic heterocycles. The van der Waals surface area contributed by atoms with E-state index in [9.17, 15) is 4.79 Å². The summed E-state index contributed by atoms with van der Waals surface area (Å²) in [5, 5.41) is 12.1. The zero-order chi connectivity index (χ0) is 14.5. The second-order valence-corrected chi connectivity index (χ2v) is 5.67. The second kappa shape index (κ2) is 6.76. The summed E-state index contributed by atoms with van der Waals surface area (Å²) in [6.07, 6.45) is 1.72. The van der Waals surface area contributed by atoms with Crippen molar-refractivity contribution in [2.45, 2.75) is 39.2 Å². The minimum absolute atomic E-state index is 0.0749. The Balaban J connectivity index is 2.70. The van der Waals surface area contributed by atoms with Crippen LogP contribution in [0.1, 0.15) is 32.3 Å². The number of carbonyl (C=O) groups is 1. The van der Waals surface area contributed by atoms with Crippen LogP contribution in [0.15, 0.2) is 24.3 Å². The van der Waals surface area contributed by atoms with Crippen LogP contribution in [-0.2, 0) is 11.2 Å². The number of carboxylic acid groups (broad SMARTS) is 1. The molecule has 0 amide bonds. The number of hydrogen-bond acceptors (Lipinski definition) is 2. The van der Waals surface area contributed by atoms with Crippen molar-refractivity contribution in [3.8, 4) is 0 Å². The average molecular weight is 259 g/mol. The third kappa shape index (κ3) is 5.07. The van der Waals surface area contributed by atoms with Crippen molar-refractivity contribution in [1.82, 2.24) is 5.32 Å². The predicted molar refractivity (Wildman–Crippen MR) is 79.0 cm³/mol. The monoisotopic (exact) mass is 259 g/mol. The lowest BCUT2D eigenvalue weighted by Crippen LogP contribution is -2.42. The molecule has 4 heteroatoms. The third-order valence-electron chi connectivity index (χ3n) is 3.69. The van der Waals surface area contributed by atoms with E-state index >= 15 is 0 Å². The molecule has 1 rings (SSSR count). The molecule has 0 aliphatic heterocycles. The van der Waals surface area contributed by atoms with Gasteiger partial charge in [0.25, 0.3) is 0 Å². The van der Waals surface area contributed by atoms with Gasteiger partial charge >= 0.3 is 5.97 Å². The summed E-state index contributed by atoms with van der Waals surface area (Å²) in [6.45, 7) is 4.21. The van der Waals surface area contributed by atoms with E-state index in [1.165, 1.54) is 5.56 Å². The maximum Gasteiger partial charge on any atom is 0.303 e. The third-order valence-corrected chi connectivity index (χ3v) is 3.69. The normalized spacial score (nSPS) is 13.2. The molecule has 0 aliphatic rings. The Bertz CT molecular complexity index is 415. The smallest absolute Gasteiger partial charge is 0.303 e. The van der Waals surface area contributed by atoms with E-state index in [4.69, 9.17) is 13.0 Å². The molecular weight excluding hydrogens is 237 g/mol. The highest BCUT2D eigenvalue weighted by molar-refractivity contribution is 6.32. The van der Waals surface area contributed by atoms with Crippen LogP contribution in [0.5, 0.6) is 0 Å². The maximum atomic E-state index is 10.7. The molecule has 0 heterocycles. The molecule has 0 bridgehead atoms. The summed E-state index contributed by atoms with van der Waals surface area (Å²) in [5.74, 6) is -0.740. The lowest BCUT2D eigenvalue weighted by atomic mass is 9.77. The van der Waals surface area contributed by atoms with Gasteiger partial charge in [-0.15, -0.1) is 0 Å². The van der Waals surface area contributed by atoms with Crippen LogP contribution in [0.4, 0.5) is 0 Å². The van der Waals surface area contributed by atoms with Gasteiger partial charge in [0.1, 0.15) is 7.85 Å². The summed E-state index contributed by atoms with van der Waals surface area (Å²) in [4.78, 5) is 10.7. The van der Waals surface area contributed by atoms with Crippen molar-refractivity contribution in [1.29, 1.82) is 0 Å². The van der Waals surface area contributed by atoms with Gasteiger partial charge in [0.2, 0.25) is 0 Å². The average Bonchev–Trinajstić information content (AvgIpc) is 2.35. The summed E-state index contributed by atoms with van der Waals surface area (Å²) < 4.78 is 0. The molecule has 2 N–H and O–H groups in total. The highest BCUT2D eigenvalue weighted by atomic mass is 16.4. The van der Waals surface area contributed by atoms with Gasteiger partial charge in [-0.25, -0.2) is 0 Å². The van der Waals surface area contributed by atoms with Crippen LogP contribution in [-0.4, -0.2) is 32.0 Å². The Morgan fingerprint density at radius 2 is 1.95 bits per heavy atom. The van der Waals surface area contributed by atoms with E-state index in [2.05, 4.69) is 19.2 Å². The van der Waals surface area contributed by atoms with E-state index in [-0.39, 0.29) is 17.9 Å². The van der Waals surface area contributed by atoms with Crippen molar-refractivity contribution in [2.24, 2.45) is 5.41 Å². The van der Waals surface area contributed by atoms with Gasteiger partial charge in [0, 0.05) is 12.5 Å². The largest absolute Gasteiger partial charge is 0.481 e. The van der Waals surface area contributed by atoms with Gasteiger partial charge in [0.15, 0.2) is 0 Å². The van der Waals surface area contributed by atoms with E-state index in [0.29, 0.717) is 6.42 Å². The number of hydrogen-bond donors (Lipinski definition) is 2. The molecule has 0 spiro atoms. The summed E-state index contributed by atoms with van der Waals surface area (Å²) in [7, 11) is 7.60. The van der Waals surface area contributed by atoms with Gasteiger partial charge in [-0.05, 0) is 30.9 Å². The number of aliphatic carboxylic acids is 1. The van der Waals surface area contributed by atoms with Crippen LogP contribution >= 0.6 is 0 Å². The van der Waals surface area contributed by atoms with Crippen LogP contribution in [0.25, 0.3) is 0 Å². The van der Waals surface area contributed by atoms with Crippen molar-refractivity contribution < 1.29 is 9.90 Å². The number of carboxylic acids is 1. The SMILES string of the molecule is [B]c1ccc(CC(NC)C(C)(C)CCC(=O)O)cc1. The summed E-state index contributed by atoms with van der Waals surface area (Å²) in [5.41, 5.74) is 1.89. The summed E-state index contributed by atoms with van der Waals surface area (Å²) >= 11 is 0. The van der Waals surface area contributed by atoms with Crippen LogP contribution in [0.3, 0.4) is 0 Å². The molecule has 0 aliphatic carbocycles. The Labute approximate surface area is 116 Å². The first-order chi connectivity index (χ1) is 8.85. The van der Waals surface area contributed by atoms with E-state index in [1.807, 2.05) is 31.3 Å². The molecule has 102 valence electrons. The van der Waals surface area contributed by atoms with Crippen LogP contribution in [0.2, 0.25) is 0 Å². The molecular formula is C15H22BNO2. The first-order valence-corrected chi connectivity index (χ1v) is 6.58. The number of likely N-dealkylation sites (N-methyl/N-ethyl adjacent to an activating group) is 1. The fourth-order valence-electron chi connectivity index (χ4n) is 2.26.